The van der Waals surface area contributed by atoms with Crippen LogP contribution in [0.5, 0.6) is 0 Å². The van der Waals surface area contributed by atoms with Crippen molar-refractivity contribution in [3.05, 3.63) is 29.2 Å². The van der Waals surface area contributed by atoms with E-state index < -0.39 is 0 Å². The SMILES string of the molecule is Cc1oc(C)c(-c2ocnc2CNCC(C)C)c1C. The second-order valence-electron chi connectivity index (χ2n) is 5.37. The van der Waals surface area contributed by atoms with E-state index in [0.717, 1.165) is 40.6 Å². The summed E-state index contributed by atoms with van der Waals surface area (Å²) in [5.41, 5.74) is 3.10. The van der Waals surface area contributed by atoms with Gasteiger partial charge in [-0.2, -0.15) is 0 Å². The molecule has 0 radical (unpaired) electrons. The van der Waals surface area contributed by atoms with Crippen LogP contribution < -0.4 is 5.32 Å². The lowest BCUT2D eigenvalue weighted by molar-refractivity contribution is 0.501. The van der Waals surface area contributed by atoms with Crippen LogP contribution in [0.15, 0.2) is 15.2 Å². The highest BCUT2D eigenvalue weighted by Crippen LogP contribution is 2.33. The third kappa shape index (κ3) is 2.89. The maximum atomic E-state index is 5.66. The summed E-state index contributed by atoms with van der Waals surface area (Å²) in [4.78, 5) is 4.31. The van der Waals surface area contributed by atoms with Crippen molar-refractivity contribution in [2.24, 2.45) is 5.92 Å². The Morgan fingerprint density at radius 3 is 2.53 bits per heavy atom. The molecule has 0 unspecified atom stereocenters. The maximum absolute atomic E-state index is 5.66. The topological polar surface area (TPSA) is 51.2 Å². The van der Waals surface area contributed by atoms with Gasteiger partial charge in [-0.25, -0.2) is 4.98 Å². The van der Waals surface area contributed by atoms with Gasteiger partial charge in [-0.1, -0.05) is 13.8 Å². The molecule has 2 aromatic heterocycles. The van der Waals surface area contributed by atoms with Crippen molar-refractivity contribution < 1.29 is 8.83 Å². The van der Waals surface area contributed by atoms with E-state index in [1.54, 1.807) is 0 Å². The minimum Gasteiger partial charge on any atom is -0.466 e. The van der Waals surface area contributed by atoms with Crippen molar-refractivity contribution in [2.75, 3.05) is 6.54 Å². The van der Waals surface area contributed by atoms with E-state index in [1.807, 2.05) is 13.8 Å². The van der Waals surface area contributed by atoms with Crippen LogP contribution in [0.2, 0.25) is 0 Å². The fraction of sp³-hybridized carbons (Fsp3) is 0.533. The van der Waals surface area contributed by atoms with Gasteiger partial charge in [-0.05, 0) is 33.2 Å². The lowest BCUT2D eigenvalue weighted by Gasteiger charge is -2.06. The molecule has 0 bridgehead atoms. The van der Waals surface area contributed by atoms with E-state index >= 15 is 0 Å². The highest BCUT2D eigenvalue weighted by Gasteiger charge is 2.19. The quantitative estimate of drug-likeness (QED) is 0.894. The Balaban J connectivity index is 2.24. The van der Waals surface area contributed by atoms with E-state index in [-0.39, 0.29) is 0 Å². The van der Waals surface area contributed by atoms with Crippen molar-refractivity contribution in [1.29, 1.82) is 0 Å². The first-order chi connectivity index (χ1) is 9.00. The van der Waals surface area contributed by atoms with Crippen molar-refractivity contribution in [3.8, 4) is 11.3 Å². The van der Waals surface area contributed by atoms with Crippen LogP contribution in [-0.2, 0) is 6.54 Å². The Labute approximate surface area is 114 Å². The Morgan fingerprint density at radius 2 is 1.95 bits per heavy atom. The number of hydrogen-bond donors (Lipinski definition) is 1. The summed E-state index contributed by atoms with van der Waals surface area (Å²) in [5.74, 6) is 3.26. The molecular weight excluding hydrogens is 240 g/mol. The van der Waals surface area contributed by atoms with Crippen molar-refractivity contribution in [3.63, 3.8) is 0 Å². The second-order valence-corrected chi connectivity index (χ2v) is 5.37. The Morgan fingerprint density at radius 1 is 1.21 bits per heavy atom. The summed E-state index contributed by atoms with van der Waals surface area (Å²) in [6, 6.07) is 0. The molecule has 4 nitrogen and oxygen atoms in total. The highest BCUT2D eigenvalue weighted by molar-refractivity contribution is 5.67. The molecule has 0 aromatic carbocycles. The van der Waals surface area contributed by atoms with Gasteiger partial charge in [0.2, 0.25) is 0 Å². The lowest BCUT2D eigenvalue weighted by atomic mass is 10.1. The molecule has 0 amide bonds. The van der Waals surface area contributed by atoms with E-state index in [9.17, 15) is 0 Å². The molecule has 104 valence electrons. The van der Waals surface area contributed by atoms with Gasteiger partial charge in [0.1, 0.15) is 17.2 Å². The molecule has 0 fully saturated rings. The van der Waals surface area contributed by atoms with Gasteiger partial charge >= 0.3 is 0 Å². The standard InChI is InChI=1S/C15H22N2O2/c1-9(2)6-16-7-13-15(18-8-17-13)14-10(3)11(4)19-12(14)5/h8-9,16H,6-7H2,1-5H3. The normalized spacial score (nSPS) is 11.5. The number of nitrogens with zero attached hydrogens (tertiary/aromatic N) is 1. The third-order valence-corrected chi connectivity index (χ3v) is 3.27. The van der Waals surface area contributed by atoms with Crippen LogP contribution in [0, 0.1) is 26.7 Å². The van der Waals surface area contributed by atoms with Crippen LogP contribution >= 0.6 is 0 Å². The summed E-state index contributed by atoms with van der Waals surface area (Å²) in [6.07, 6.45) is 1.50. The van der Waals surface area contributed by atoms with E-state index in [2.05, 4.69) is 31.1 Å². The molecule has 2 aromatic rings. The van der Waals surface area contributed by atoms with Gasteiger partial charge in [-0.15, -0.1) is 0 Å². The van der Waals surface area contributed by atoms with Gasteiger partial charge in [-0.3, -0.25) is 0 Å². The van der Waals surface area contributed by atoms with Crippen molar-refractivity contribution >= 4 is 0 Å². The minimum atomic E-state index is 0.620. The maximum Gasteiger partial charge on any atom is 0.181 e. The summed E-state index contributed by atoms with van der Waals surface area (Å²) < 4.78 is 11.2. The molecule has 0 spiro atoms. The smallest absolute Gasteiger partial charge is 0.181 e. The molecular formula is C15H22N2O2. The first-order valence-electron chi connectivity index (χ1n) is 6.70. The fourth-order valence-corrected chi connectivity index (χ4v) is 2.21. The third-order valence-electron chi connectivity index (χ3n) is 3.27. The molecule has 2 heterocycles. The van der Waals surface area contributed by atoms with E-state index in [4.69, 9.17) is 8.83 Å². The minimum absolute atomic E-state index is 0.620. The zero-order valence-electron chi connectivity index (χ0n) is 12.3. The zero-order chi connectivity index (χ0) is 14.0. The molecule has 0 saturated heterocycles. The molecule has 1 N–H and O–H groups in total. The Bertz CT molecular complexity index is 552. The van der Waals surface area contributed by atoms with Crippen LogP contribution in [0.3, 0.4) is 0 Å². The van der Waals surface area contributed by atoms with Crippen LogP contribution in [0.1, 0.15) is 36.6 Å². The van der Waals surface area contributed by atoms with Gasteiger partial charge in [0.15, 0.2) is 12.2 Å². The lowest BCUT2D eigenvalue weighted by Crippen LogP contribution is -2.19. The average Bonchev–Trinajstić information content (AvgIpc) is 2.85. The summed E-state index contributed by atoms with van der Waals surface area (Å²) in [5, 5.41) is 3.39. The number of rotatable bonds is 5. The molecule has 19 heavy (non-hydrogen) atoms. The number of aryl methyl sites for hydroxylation is 2. The van der Waals surface area contributed by atoms with E-state index in [1.165, 1.54) is 6.39 Å². The predicted octanol–water partition coefficient (Wildman–Crippen LogP) is 3.61. The number of nitrogens with one attached hydrogen (secondary N) is 1. The molecule has 2 rings (SSSR count). The average molecular weight is 262 g/mol. The molecule has 0 atom stereocenters. The van der Waals surface area contributed by atoms with E-state index in [0.29, 0.717) is 12.5 Å². The van der Waals surface area contributed by atoms with Crippen LogP contribution in [0.4, 0.5) is 0 Å². The van der Waals surface area contributed by atoms with Gasteiger partial charge < -0.3 is 14.2 Å². The fourth-order valence-electron chi connectivity index (χ4n) is 2.21. The summed E-state index contributed by atoms with van der Waals surface area (Å²) in [6.45, 7) is 12.0. The number of furan rings is 1. The summed E-state index contributed by atoms with van der Waals surface area (Å²) in [7, 11) is 0. The molecule has 0 aliphatic heterocycles. The van der Waals surface area contributed by atoms with Gasteiger partial charge in [0.25, 0.3) is 0 Å². The molecule has 4 heteroatoms. The second kappa shape index (κ2) is 5.61. The van der Waals surface area contributed by atoms with Crippen LogP contribution in [0.25, 0.3) is 11.3 Å². The zero-order valence-corrected chi connectivity index (χ0v) is 12.3. The van der Waals surface area contributed by atoms with Crippen molar-refractivity contribution in [1.82, 2.24) is 10.3 Å². The predicted molar refractivity (Wildman–Crippen MR) is 75.0 cm³/mol. The molecule has 0 aliphatic rings. The largest absolute Gasteiger partial charge is 0.466 e. The van der Waals surface area contributed by atoms with Gasteiger partial charge in [0.05, 0.1) is 5.56 Å². The highest BCUT2D eigenvalue weighted by atomic mass is 16.4. The molecule has 0 saturated carbocycles. The first kappa shape index (κ1) is 13.9. The Kier molecular flexibility index (Phi) is 4.10. The van der Waals surface area contributed by atoms with Crippen molar-refractivity contribution in [2.45, 2.75) is 41.2 Å². The molecule has 0 aliphatic carbocycles. The first-order valence-corrected chi connectivity index (χ1v) is 6.70. The van der Waals surface area contributed by atoms with Crippen LogP contribution in [-0.4, -0.2) is 11.5 Å². The number of oxazole rings is 1. The number of aromatic nitrogens is 1. The summed E-state index contributed by atoms with van der Waals surface area (Å²) >= 11 is 0. The Hall–Kier alpha value is -1.55. The monoisotopic (exact) mass is 262 g/mol. The number of hydrogen-bond acceptors (Lipinski definition) is 4. The van der Waals surface area contributed by atoms with Gasteiger partial charge in [0, 0.05) is 12.1 Å².